The average Bonchev–Trinajstić information content (AvgIpc) is 3.32. The van der Waals surface area contributed by atoms with Crippen molar-refractivity contribution in [2.45, 2.75) is 251 Å². The molecule has 0 aliphatic rings. The van der Waals surface area contributed by atoms with Gasteiger partial charge in [-0.2, -0.15) is 0 Å². The van der Waals surface area contributed by atoms with Gasteiger partial charge in [-0.3, -0.25) is 23.4 Å². The molecule has 0 saturated carbocycles. The van der Waals surface area contributed by atoms with Crippen LogP contribution in [0.15, 0.2) is 60.8 Å². The van der Waals surface area contributed by atoms with Gasteiger partial charge in [-0.25, -0.2) is 4.57 Å². The standard InChI is InChI=1S/C56H99O11P/c1-4-7-10-13-16-19-22-24-26-28-31-33-36-39-42-45-54(58)63-49-53(67-56(60)47-44-41-38-35-32-29-27-25-23-20-17-14-11-8-5-2)51-65-68(61,62)64-50-52(48-57)66-55(59)46-43-40-37-34-30-21-18-15-12-9-6-3/h7,10,15-16,18-19,24,26,31,33,52-53,57H,4-6,8-9,11-14,17,20-23,25,27-30,32,34-51H2,1-3H3,(H,61,62)/b10-7-,18-15-,19-16-,26-24-,33-31-. The van der Waals surface area contributed by atoms with Crippen LogP contribution in [0.5, 0.6) is 0 Å². The third-order valence-electron chi connectivity index (χ3n) is 11.4. The molecule has 12 heteroatoms. The van der Waals surface area contributed by atoms with E-state index in [4.69, 9.17) is 23.3 Å². The lowest BCUT2D eigenvalue weighted by Crippen LogP contribution is -2.30. The zero-order chi connectivity index (χ0) is 49.9. The highest BCUT2D eigenvalue weighted by Crippen LogP contribution is 2.43. The average molecular weight is 979 g/mol. The molecule has 0 aromatic heterocycles. The number of aliphatic hydroxyl groups excluding tert-OH is 1. The van der Waals surface area contributed by atoms with E-state index in [0.717, 1.165) is 96.3 Å². The van der Waals surface area contributed by atoms with Crippen LogP contribution in [0.4, 0.5) is 0 Å². The molecule has 3 unspecified atom stereocenters. The lowest BCUT2D eigenvalue weighted by Gasteiger charge is -2.21. The molecular weight excluding hydrogens is 880 g/mol. The fraction of sp³-hybridized carbons (Fsp3) is 0.768. The molecule has 0 saturated heterocycles. The second kappa shape index (κ2) is 50.6. The summed E-state index contributed by atoms with van der Waals surface area (Å²) in [6.45, 7) is 4.44. The van der Waals surface area contributed by atoms with Crippen molar-refractivity contribution in [3.05, 3.63) is 60.8 Å². The Labute approximate surface area is 415 Å². The number of hydrogen-bond acceptors (Lipinski definition) is 10. The second-order valence-electron chi connectivity index (χ2n) is 18.0. The topological polar surface area (TPSA) is 155 Å². The van der Waals surface area contributed by atoms with Crippen LogP contribution in [0.1, 0.15) is 239 Å². The molecule has 0 amide bonds. The van der Waals surface area contributed by atoms with Crippen LogP contribution in [0.3, 0.4) is 0 Å². The van der Waals surface area contributed by atoms with E-state index < -0.39 is 57.8 Å². The van der Waals surface area contributed by atoms with E-state index in [2.05, 4.69) is 81.5 Å². The third kappa shape index (κ3) is 48.2. The summed E-state index contributed by atoms with van der Waals surface area (Å²) in [4.78, 5) is 48.3. The first kappa shape index (κ1) is 65.2. The Morgan fingerprint density at radius 2 is 0.779 bits per heavy atom. The van der Waals surface area contributed by atoms with Crippen molar-refractivity contribution in [3.8, 4) is 0 Å². The van der Waals surface area contributed by atoms with Crippen molar-refractivity contribution in [2.24, 2.45) is 0 Å². The van der Waals surface area contributed by atoms with Crippen LogP contribution in [0.25, 0.3) is 0 Å². The Hall–Kier alpha value is -2.82. The Balaban J connectivity index is 4.79. The van der Waals surface area contributed by atoms with E-state index in [0.29, 0.717) is 19.3 Å². The highest BCUT2D eigenvalue weighted by Gasteiger charge is 2.28. The number of unbranched alkanes of at least 4 members (excludes halogenated alkanes) is 23. The number of phosphoric acid groups is 1. The lowest BCUT2D eigenvalue weighted by molar-refractivity contribution is -0.161. The summed E-state index contributed by atoms with van der Waals surface area (Å²) in [6.07, 6.45) is 53.3. The highest BCUT2D eigenvalue weighted by molar-refractivity contribution is 7.47. The van der Waals surface area contributed by atoms with Crippen LogP contribution in [-0.2, 0) is 42.2 Å². The molecule has 2 N–H and O–H groups in total. The Bertz CT molecular complexity index is 1370. The van der Waals surface area contributed by atoms with Gasteiger partial charge < -0.3 is 24.2 Å². The number of allylic oxidation sites excluding steroid dienone is 10. The van der Waals surface area contributed by atoms with E-state index >= 15 is 0 Å². The first-order chi connectivity index (χ1) is 33.2. The van der Waals surface area contributed by atoms with Crippen molar-refractivity contribution in [1.82, 2.24) is 0 Å². The van der Waals surface area contributed by atoms with Crippen molar-refractivity contribution in [2.75, 3.05) is 26.4 Å². The molecule has 0 aromatic rings. The minimum atomic E-state index is -4.75. The molecule has 0 heterocycles. The van der Waals surface area contributed by atoms with Crippen LogP contribution in [0, 0.1) is 0 Å². The number of ether oxygens (including phenoxy) is 3. The smallest absolute Gasteiger partial charge is 0.462 e. The molecule has 0 aromatic carbocycles. The second-order valence-corrected chi connectivity index (χ2v) is 19.5. The summed E-state index contributed by atoms with van der Waals surface area (Å²) >= 11 is 0. The predicted molar refractivity (Wildman–Crippen MR) is 279 cm³/mol. The summed E-state index contributed by atoms with van der Waals surface area (Å²) in [7, 11) is -4.75. The molecule has 0 rings (SSSR count). The van der Waals surface area contributed by atoms with Gasteiger partial charge in [0, 0.05) is 19.3 Å². The van der Waals surface area contributed by atoms with E-state index in [1.165, 1.54) is 83.5 Å². The number of esters is 3. The Morgan fingerprint density at radius 1 is 0.426 bits per heavy atom. The SMILES string of the molecule is CC/C=C\C/C=C\C/C=C\C/C=C\CCCCC(=O)OCC(COP(=O)(O)OCC(CO)OC(=O)CCCCCCC/C=C\CCCC)OC(=O)CCCCCCCCCCCCCCCCC. The van der Waals surface area contributed by atoms with Gasteiger partial charge in [0.15, 0.2) is 6.10 Å². The summed E-state index contributed by atoms with van der Waals surface area (Å²) in [6, 6.07) is 0. The summed E-state index contributed by atoms with van der Waals surface area (Å²) in [5.74, 6) is -1.52. The summed E-state index contributed by atoms with van der Waals surface area (Å²) in [5.41, 5.74) is 0. The van der Waals surface area contributed by atoms with Gasteiger partial charge in [0.2, 0.25) is 0 Å². The van der Waals surface area contributed by atoms with Crippen LogP contribution in [-0.4, -0.2) is 66.5 Å². The number of hydrogen-bond donors (Lipinski definition) is 2. The van der Waals surface area contributed by atoms with Crippen LogP contribution in [0.2, 0.25) is 0 Å². The van der Waals surface area contributed by atoms with Gasteiger partial charge in [0.25, 0.3) is 0 Å². The van der Waals surface area contributed by atoms with E-state index in [-0.39, 0.29) is 25.9 Å². The van der Waals surface area contributed by atoms with E-state index in [1.54, 1.807) is 0 Å². The molecule has 3 atom stereocenters. The summed E-state index contributed by atoms with van der Waals surface area (Å²) < 4.78 is 39.4. The number of phosphoric ester groups is 1. The maximum Gasteiger partial charge on any atom is 0.472 e. The number of carbonyl (C=O) groups is 3. The molecule has 0 bridgehead atoms. The number of aliphatic hydroxyl groups is 1. The maximum absolute atomic E-state index is 12.9. The van der Waals surface area contributed by atoms with Gasteiger partial charge in [-0.15, -0.1) is 0 Å². The first-order valence-electron chi connectivity index (χ1n) is 27.2. The summed E-state index contributed by atoms with van der Waals surface area (Å²) in [5, 5.41) is 9.77. The molecule has 0 radical (unpaired) electrons. The molecule has 0 fully saturated rings. The molecule has 394 valence electrons. The minimum Gasteiger partial charge on any atom is -0.462 e. The largest absolute Gasteiger partial charge is 0.472 e. The zero-order valence-corrected chi connectivity index (χ0v) is 44.2. The molecule has 0 aliphatic heterocycles. The van der Waals surface area contributed by atoms with Crippen LogP contribution < -0.4 is 0 Å². The minimum absolute atomic E-state index is 0.160. The zero-order valence-electron chi connectivity index (χ0n) is 43.3. The molecule has 0 aliphatic carbocycles. The maximum atomic E-state index is 12.9. The third-order valence-corrected chi connectivity index (χ3v) is 12.4. The lowest BCUT2D eigenvalue weighted by atomic mass is 10.0. The first-order valence-corrected chi connectivity index (χ1v) is 28.7. The fourth-order valence-corrected chi connectivity index (χ4v) is 8.05. The van der Waals surface area contributed by atoms with Gasteiger partial charge >= 0.3 is 25.7 Å². The van der Waals surface area contributed by atoms with Crippen LogP contribution >= 0.6 is 7.82 Å². The predicted octanol–water partition coefficient (Wildman–Crippen LogP) is 15.6. The Kier molecular flexibility index (Phi) is 48.5. The van der Waals surface area contributed by atoms with Gasteiger partial charge in [-0.05, 0) is 77.0 Å². The van der Waals surface area contributed by atoms with Crippen molar-refractivity contribution < 1.29 is 52.2 Å². The van der Waals surface area contributed by atoms with Gasteiger partial charge in [0.1, 0.15) is 12.7 Å². The number of carbonyl (C=O) groups excluding carboxylic acids is 3. The molecule has 11 nitrogen and oxygen atoms in total. The molecular formula is C56H99O11P. The van der Waals surface area contributed by atoms with Crippen molar-refractivity contribution >= 4 is 25.7 Å². The normalized spacial score (nSPS) is 13.9. The van der Waals surface area contributed by atoms with Gasteiger partial charge in [0.05, 0.1) is 19.8 Å². The van der Waals surface area contributed by atoms with Crippen molar-refractivity contribution in [1.29, 1.82) is 0 Å². The van der Waals surface area contributed by atoms with E-state index in [1.807, 2.05) is 0 Å². The highest BCUT2D eigenvalue weighted by atomic mass is 31.2. The van der Waals surface area contributed by atoms with Gasteiger partial charge in [-0.1, -0.05) is 204 Å². The quantitative estimate of drug-likeness (QED) is 0.0197. The fourth-order valence-electron chi connectivity index (χ4n) is 7.27. The molecule has 0 spiro atoms. The monoisotopic (exact) mass is 979 g/mol. The van der Waals surface area contributed by atoms with Crippen molar-refractivity contribution in [3.63, 3.8) is 0 Å². The van der Waals surface area contributed by atoms with E-state index in [9.17, 15) is 28.9 Å². The number of rotatable bonds is 50. The Morgan fingerprint density at radius 3 is 1.26 bits per heavy atom. The molecule has 68 heavy (non-hydrogen) atoms.